The second-order valence-corrected chi connectivity index (χ2v) is 6.53. The highest BCUT2D eigenvalue weighted by atomic mass is 32.2. The summed E-state index contributed by atoms with van der Waals surface area (Å²) >= 11 is 0. The van der Waals surface area contributed by atoms with E-state index >= 15 is 0 Å². The number of nitrogens with zero attached hydrogens (tertiary/aromatic N) is 1. The molecule has 0 radical (unpaired) electrons. The van der Waals surface area contributed by atoms with E-state index in [1.807, 2.05) is 0 Å². The van der Waals surface area contributed by atoms with Gasteiger partial charge in [-0.15, -0.1) is 0 Å². The maximum absolute atomic E-state index is 13.0. The number of alkyl halides is 2. The summed E-state index contributed by atoms with van der Waals surface area (Å²) in [5.41, 5.74) is -0.159. The molecule has 1 aliphatic rings. The fourth-order valence-electron chi connectivity index (χ4n) is 1.99. The van der Waals surface area contributed by atoms with Crippen molar-refractivity contribution in [3.8, 4) is 0 Å². The Morgan fingerprint density at radius 3 is 2.40 bits per heavy atom. The Morgan fingerprint density at radius 2 is 1.85 bits per heavy atom. The molecule has 0 bridgehead atoms. The molecule has 2 rings (SSSR count). The van der Waals surface area contributed by atoms with Crippen LogP contribution < -0.4 is 0 Å². The van der Waals surface area contributed by atoms with Crippen molar-refractivity contribution in [3.05, 3.63) is 29.8 Å². The Labute approximate surface area is 114 Å². The molecule has 0 aliphatic carbocycles. The minimum Gasteiger partial charge on any atom is -0.478 e. The number of sulfonamides is 1. The van der Waals surface area contributed by atoms with Crippen LogP contribution in [0.3, 0.4) is 0 Å². The Kier molecular flexibility index (Phi) is 3.79. The molecule has 8 heteroatoms. The first-order valence-electron chi connectivity index (χ1n) is 5.94. The predicted octanol–water partition coefficient (Wildman–Crippen LogP) is 1.80. The van der Waals surface area contributed by atoms with E-state index in [1.165, 1.54) is 18.2 Å². The molecule has 0 spiro atoms. The number of rotatable bonds is 3. The zero-order chi connectivity index (χ0) is 15.0. The van der Waals surface area contributed by atoms with E-state index in [-0.39, 0.29) is 23.5 Å². The normalized spacial score (nSPS) is 19.7. The van der Waals surface area contributed by atoms with Gasteiger partial charge in [0.25, 0.3) is 5.92 Å². The lowest BCUT2D eigenvalue weighted by molar-refractivity contribution is -0.0412. The molecule has 5 nitrogen and oxygen atoms in total. The van der Waals surface area contributed by atoms with Crippen LogP contribution in [-0.2, 0) is 10.0 Å². The second-order valence-electron chi connectivity index (χ2n) is 4.59. The van der Waals surface area contributed by atoms with Gasteiger partial charge >= 0.3 is 5.97 Å². The molecular formula is C12H13F2NO4S. The van der Waals surface area contributed by atoms with Crippen LogP contribution in [0.15, 0.2) is 29.2 Å². The lowest BCUT2D eigenvalue weighted by Gasteiger charge is -2.30. The third kappa shape index (κ3) is 2.96. The van der Waals surface area contributed by atoms with Gasteiger partial charge in [-0.25, -0.2) is 22.0 Å². The molecule has 0 saturated carbocycles. The van der Waals surface area contributed by atoms with Crippen LogP contribution in [0.2, 0.25) is 0 Å². The Morgan fingerprint density at radius 1 is 1.25 bits per heavy atom. The number of carbonyl (C=O) groups is 1. The Balaban J connectivity index is 2.27. The number of benzene rings is 1. The van der Waals surface area contributed by atoms with Gasteiger partial charge in [0.15, 0.2) is 0 Å². The number of carboxylic acid groups (broad SMARTS) is 1. The highest BCUT2D eigenvalue weighted by Crippen LogP contribution is 2.30. The number of halogens is 2. The smallest absolute Gasteiger partial charge is 0.335 e. The predicted molar refractivity (Wildman–Crippen MR) is 66.3 cm³/mol. The Bertz CT molecular complexity index is 620. The maximum atomic E-state index is 13.0. The minimum atomic E-state index is -3.93. The van der Waals surface area contributed by atoms with Crippen LogP contribution in [0.4, 0.5) is 8.78 Å². The summed E-state index contributed by atoms with van der Waals surface area (Å²) in [6.45, 7) is -0.542. The van der Waals surface area contributed by atoms with Gasteiger partial charge < -0.3 is 5.11 Å². The summed E-state index contributed by atoms with van der Waals surface area (Å²) in [6.07, 6.45) is -1.05. The van der Waals surface area contributed by atoms with E-state index in [0.717, 1.165) is 10.4 Å². The average Bonchev–Trinajstić information content (AvgIpc) is 2.38. The molecule has 1 N–H and O–H groups in total. The van der Waals surface area contributed by atoms with E-state index in [9.17, 15) is 22.0 Å². The van der Waals surface area contributed by atoms with Gasteiger partial charge in [0.05, 0.1) is 10.5 Å². The fraction of sp³-hybridized carbons (Fsp3) is 0.417. The topological polar surface area (TPSA) is 74.7 Å². The zero-order valence-corrected chi connectivity index (χ0v) is 11.2. The van der Waals surface area contributed by atoms with Crippen molar-refractivity contribution < 1.29 is 27.1 Å². The van der Waals surface area contributed by atoms with Crippen molar-refractivity contribution >= 4 is 16.0 Å². The van der Waals surface area contributed by atoms with E-state index in [1.54, 1.807) is 0 Å². The van der Waals surface area contributed by atoms with Crippen LogP contribution in [0.5, 0.6) is 0 Å². The number of carboxylic acids is 1. The van der Waals surface area contributed by atoms with Gasteiger partial charge in [0, 0.05) is 25.9 Å². The number of hydrogen-bond acceptors (Lipinski definition) is 3. The summed E-state index contributed by atoms with van der Waals surface area (Å²) in [5.74, 6) is -4.08. The minimum absolute atomic E-state index is 0.159. The van der Waals surface area contributed by atoms with Gasteiger partial charge in [-0.3, -0.25) is 0 Å². The summed E-state index contributed by atoms with van der Waals surface area (Å²) in [7, 11) is -3.93. The van der Waals surface area contributed by atoms with Gasteiger partial charge in [-0.2, -0.15) is 4.31 Å². The molecule has 1 aromatic carbocycles. The monoisotopic (exact) mass is 305 g/mol. The first kappa shape index (κ1) is 14.9. The van der Waals surface area contributed by atoms with E-state index < -0.39 is 34.8 Å². The van der Waals surface area contributed by atoms with Crippen molar-refractivity contribution in [2.75, 3.05) is 13.1 Å². The van der Waals surface area contributed by atoms with Crippen molar-refractivity contribution in [2.24, 2.45) is 0 Å². The lowest BCUT2D eigenvalue weighted by atomic mass is 10.1. The first-order valence-corrected chi connectivity index (χ1v) is 7.38. The highest BCUT2D eigenvalue weighted by Gasteiger charge is 2.38. The van der Waals surface area contributed by atoms with Crippen LogP contribution in [0, 0.1) is 0 Å². The van der Waals surface area contributed by atoms with E-state index in [0.29, 0.717) is 0 Å². The third-order valence-corrected chi connectivity index (χ3v) is 5.07. The zero-order valence-electron chi connectivity index (χ0n) is 10.4. The third-order valence-electron chi connectivity index (χ3n) is 3.17. The molecule has 0 atom stereocenters. The summed E-state index contributed by atoms with van der Waals surface area (Å²) in [5, 5.41) is 8.85. The molecule has 1 aromatic rings. The number of hydrogen-bond donors (Lipinski definition) is 1. The molecule has 1 heterocycles. The SMILES string of the molecule is O=C(O)c1cccc(S(=O)(=O)N2CCC(F)(F)CC2)c1. The molecule has 1 saturated heterocycles. The standard InChI is InChI=1S/C12H13F2NO4S/c13-12(14)4-6-15(7-5-12)20(18,19)10-3-1-2-9(8-10)11(16)17/h1-3,8H,4-7H2,(H,16,17). The average molecular weight is 305 g/mol. The summed E-state index contributed by atoms with van der Waals surface area (Å²) < 4.78 is 51.6. The van der Waals surface area contributed by atoms with Crippen molar-refractivity contribution in [2.45, 2.75) is 23.7 Å². The maximum Gasteiger partial charge on any atom is 0.335 e. The molecule has 0 amide bonds. The fourth-order valence-corrected chi connectivity index (χ4v) is 3.48. The van der Waals surface area contributed by atoms with Gasteiger partial charge in [0.1, 0.15) is 0 Å². The van der Waals surface area contributed by atoms with Gasteiger partial charge in [0.2, 0.25) is 10.0 Å². The van der Waals surface area contributed by atoms with E-state index in [2.05, 4.69) is 0 Å². The lowest BCUT2D eigenvalue weighted by Crippen LogP contribution is -2.42. The van der Waals surface area contributed by atoms with Gasteiger partial charge in [-0.05, 0) is 18.2 Å². The molecular weight excluding hydrogens is 292 g/mol. The van der Waals surface area contributed by atoms with Crippen LogP contribution in [0.1, 0.15) is 23.2 Å². The molecule has 0 unspecified atom stereocenters. The van der Waals surface area contributed by atoms with Crippen molar-refractivity contribution in [1.29, 1.82) is 0 Å². The summed E-state index contributed by atoms with van der Waals surface area (Å²) in [4.78, 5) is 10.6. The largest absolute Gasteiger partial charge is 0.478 e. The molecule has 1 aliphatic heterocycles. The molecule has 110 valence electrons. The molecule has 20 heavy (non-hydrogen) atoms. The molecule has 0 aromatic heterocycles. The van der Waals surface area contributed by atoms with Crippen molar-refractivity contribution in [1.82, 2.24) is 4.31 Å². The highest BCUT2D eigenvalue weighted by molar-refractivity contribution is 7.89. The van der Waals surface area contributed by atoms with Gasteiger partial charge in [-0.1, -0.05) is 6.07 Å². The Hall–Kier alpha value is -1.54. The quantitative estimate of drug-likeness (QED) is 0.924. The first-order chi connectivity index (χ1) is 9.22. The number of piperidine rings is 1. The van der Waals surface area contributed by atoms with Crippen LogP contribution >= 0.6 is 0 Å². The molecule has 1 fully saturated rings. The van der Waals surface area contributed by atoms with Crippen molar-refractivity contribution in [3.63, 3.8) is 0 Å². The van der Waals surface area contributed by atoms with Crippen LogP contribution in [-0.4, -0.2) is 42.8 Å². The van der Waals surface area contributed by atoms with Crippen LogP contribution in [0.25, 0.3) is 0 Å². The van der Waals surface area contributed by atoms with E-state index in [4.69, 9.17) is 5.11 Å². The number of aromatic carboxylic acids is 1. The second kappa shape index (κ2) is 5.10. The summed E-state index contributed by atoms with van der Waals surface area (Å²) in [6, 6.07) is 4.87.